The Bertz CT molecular complexity index is 1220. The molecule has 1 heterocycles. The van der Waals surface area contributed by atoms with Gasteiger partial charge in [-0.25, -0.2) is 13.4 Å². The lowest BCUT2D eigenvalue weighted by Gasteiger charge is -2.16. The van der Waals surface area contributed by atoms with Gasteiger partial charge in [0.05, 0.1) is 21.7 Å². The molecule has 0 fully saturated rings. The van der Waals surface area contributed by atoms with Crippen molar-refractivity contribution in [1.82, 2.24) is 9.29 Å². The summed E-state index contributed by atoms with van der Waals surface area (Å²) in [6, 6.07) is 9.77. The molecule has 0 aliphatic rings. The molecule has 0 radical (unpaired) electrons. The van der Waals surface area contributed by atoms with Gasteiger partial charge in [-0.3, -0.25) is 9.59 Å². The number of amides is 2. The Kier molecular flexibility index (Phi) is 6.20. The van der Waals surface area contributed by atoms with Gasteiger partial charge >= 0.3 is 0 Å². The van der Waals surface area contributed by atoms with Crippen LogP contribution in [0.5, 0.6) is 0 Å². The van der Waals surface area contributed by atoms with E-state index in [1.807, 2.05) is 26.0 Å². The number of nitrogens with one attached hydrogen (secondary N) is 2. The third-order valence-electron chi connectivity index (χ3n) is 4.33. The number of sulfonamides is 1. The minimum absolute atomic E-state index is 0.0259. The van der Waals surface area contributed by atoms with E-state index in [1.165, 1.54) is 49.6 Å². The molecule has 0 unspecified atom stereocenters. The second-order valence-electron chi connectivity index (χ2n) is 6.96. The number of benzene rings is 2. The number of fused-ring (bicyclic) bond motifs is 1. The molecular weight excluding hydrogens is 424 g/mol. The number of aryl methyl sites for hydroxylation is 2. The third kappa shape index (κ3) is 4.84. The molecule has 2 amide bonds. The lowest BCUT2D eigenvalue weighted by atomic mass is 10.1. The first-order valence-corrected chi connectivity index (χ1v) is 11.3. The predicted molar refractivity (Wildman–Crippen MR) is 118 cm³/mol. The van der Waals surface area contributed by atoms with Crippen LogP contribution in [0.4, 0.5) is 10.8 Å². The summed E-state index contributed by atoms with van der Waals surface area (Å²) < 4.78 is 27.4. The Labute approximate surface area is 179 Å². The molecule has 0 aliphatic heterocycles. The van der Waals surface area contributed by atoms with Crippen molar-refractivity contribution in [1.29, 1.82) is 0 Å². The van der Waals surface area contributed by atoms with E-state index in [-0.39, 0.29) is 17.3 Å². The van der Waals surface area contributed by atoms with Gasteiger partial charge in [0.2, 0.25) is 21.8 Å². The van der Waals surface area contributed by atoms with Gasteiger partial charge in [-0.1, -0.05) is 17.4 Å². The number of anilines is 2. The molecule has 3 aromatic rings. The Morgan fingerprint density at radius 2 is 1.77 bits per heavy atom. The topological polar surface area (TPSA) is 108 Å². The summed E-state index contributed by atoms with van der Waals surface area (Å²) in [4.78, 5) is 28.0. The molecule has 1 aromatic heterocycles. The molecule has 158 valence electrons. The number of carbonyl (C=O) groups is 2. The molecule has 0 spiro atoms. The fraction of sp³-hybridized carbons (Fsp3) is 0.250. The van der Waals surface area contributed by atoms with Crippen LogP contribution in [-0.4, -0.2) is 43.1 Å². The van der Waals surface area contributed by atoms with E-state index in [4.69, 9.17) is 0 Å². The van der Waals surface area contributed by atoms with Gasteiger partial charge in [0.15, 0.2) is 5.13 Å². The number of hydrogen-bond donors (Lipinski definition) is 2. The minimum atomic E-state index is -3.87. The second-order valence-corrected chi connectivity index (χ2v) is 10.0. The molecule has 0 aliphatic carbocycles. The van der Waals surface area contributed by atoms with Crippen LogP contribution in [0, 0.1) is 13.8 Å². The van der Waals surface area contributed by atoms with Crippen molar-refractivity contribution in [2.75, 3.05) is 24.2 Å². The van der Waals surface area contributed by atoms with E-state index in [1.54, 1.807) is 0 Å². The van der Waals surface area contributed by atoms with Gasteiger partial charge in [0.1, 0.15) is 0 Å². The van der Waals surface area contributed by atoms with Crippen molar-refractivity contribution in [3.8, 4) is 0 Å². The molecule has 2 N–H and O–H groups in total. The number of nitrogens with zero attached hydrogens (tertiary/aromatic N) is 2. The van der Waals surface area contributed by atoms with Crippen LogP contribution in [0.15, 0.2) is 41.3 Å². The first kappa shape index (κ1) is 21.9. The molecule has 10 heteroatoms. The summed E-state index contributed by atoms with van der Waals surface area (Å²) in [5, 5.41) is 5.68. The van der Waals surface area contributed by atoms with Gasteiger partial charge in [-0.2, -0.15) is 4.31 Å². The molecule has 30 heavy (non-hydrogen) atoms. The lowest BCUT2D eigenvalue weighted by Crippen LogP contribution is -2.34. The van der Waals surface area contributed by atoms with Crippen LogP contribution in [-0.2, 0) is 19.6 Å². The van der Waals surface area contributed by atoms with Crippen molar-refractivity contribution in [3.63, 3.8) is 0 Å². The predicted octanol–water partition coefficient (Wildman–Crippen LogP) is 3.13. The normalized spacial score (nSPS) is 11.6. The van der Waals surface area contributed by atoms with Crippen LogP contribution in [0.3, 0.4) is 0 Å². The van der Waals surface area contributed by atoms with E-state index in [0.717, 1.165) is 25.6 Å². The molecule has 0 saturated carbocycles. The molecule has 0 atom stereocenters. The molecule has 0 saturated heterocycles. The average Bonchev–Trinajstić information content (AvgIpc) is 3.04. The molecule has 2 aromatic carbocycles. The summed E-state index contributed by atoms with van der Waals surface area (Å²) >= 11 is 1.35. The number of thiazole rings is 1. The fourth-order valence-corrected chi connectivity index (χ4v) is 5.15. The van der Waals surface area contributed by atoms with Gasteiger partial charge in [-0.05, 0) is 55.3 Å². The van der Waals surface area contributed by atoms with E-state index in [9.17, 15) is 18.0 Å². The zero-order valence-corrected chi connectivity index (χ0v) is 18.6. The van der Waals surface area contributed by atoms with Crippen LogP contribution in [0.25, 0.3) is 10.2 Å². The molecule has 3 rings (SSSR count). The van der Waals surface area contributed by atoms with Crippen LogP contribution < -0.4 is 10.6 Å². The van der Waals surface area contributed by atoms with Crippen molar-refractivity contribution in [2.24, 2.45) is 0 Å². The number of aromatic nitrogens is 1. The highest BCUT2D eigenvalue weighted by Gasteiger charge is 2.23. The van der Waals surface area contributed by atoms with Crippen LogP contribution in [0.2, 0.25) is 0 Å². The van der Waals surface area contributed by atoms with Crippen molar-refractivity contribution in [3.05, 3.63) is 47.5 Å². The zero-order chi connectivity index (χ0) is 22.1. The Morgan fingerprint density at radius 1 is 1.10 bits per heavy atom. The van der Waals surface area contributed by atoms with E-state index in [0.29, 0.717) is 10.8 Å². The van der Waals surface area contributed by atoms with Gasteiger partial charge in [0.25, 0.3) is 0 Å². The van der Waals surface area contributed by atoms with Crippen LogP contribution >= 0.6 is 11.3 Å². The average molecular weight is 447 g/mol. The first-order valence-electron chi connectivity index (χ1n) is 9.08. The highest BCUT2D eigenvalue weighted by atomic mass is 32.2. The third-order valence-corrected chi connectivity index (χ3v) is 7.06. The highest BCUT2D eigenvalue weighted by molar-refractivity contribution is 7.89. The van der Waals surface area contributed by atoms with E-state index in [2.05, 4.69) is 15.6 Å². The smallest absolute Gasteiger partial charge is 0.243 e. The largest absolute Gasteiger partial charge is 0.326 e. The number of rotatable bonds is 6. The molecule has 0 bridgehead atoms. The van der Waals surface area contributed by atoms with Gasteiger partial charge < -0.3 is 10.6 Å². The Balaban J connectivity index is 1.70. The summed E-state index contributed by atoms with van der Waals surface area (Å²) in [5.41, 5.74) is 3.44. The maximum Gasteiger partial charge on any atom is 0.243 e. The van der Waals surface area contributed by atoms with Crippen molar-refractivity contribution >= 4 is 54.2 Å². The molecule has 8 nitrogen and oxygen atoms in total. The fourth-order valence-electron chi connectivity index (χ4n) is 2.96. The summed E-state index contributed by atoms with van der Waals surface area (Å²) in [6.45, 7) is 4.96. The van der Waals surface area contributed by atoms with E-state index >= 15 is 0 Å². The summed E-state index contributed by atoms with van der Waals surface area (Å²) in [6.07, 6.45) is 0. The first-order chi connectivity index (χ1) is 14.1. The highest BCUT2D eigenvalue weighted by Crippen LogP contribution is 2.29. The summed E-state index contributed by atoms with van der Waals surface area (Å²) in [7, 11) is -2.53. The molecular formula is C20H22N4O4S2. The lowest BCUT2D eigenvalue weighted by molar-refractivity contribution is -0.116. The van der Waals surface area contributed by atoms with E-state index < -0.39 is 15.9 Å². The zero-order valence-electron chi connectivity index (χ0n) is 17.0. The maximum atomic E-state index is 12.7. The Hall–Kier alpha value is -2.82. The Morgan fingerprint density at radius 3 is 2.40 bits per heavy atom. The van der Waals surface area contributed by atoms with Crippen molar-refractivity contribution in [2.45, 2.75) is 25.7 Å². The summed E-state index contributed by atoms with van der Waals surface area (Å²) in [5.74, 6) is -0.732. The monoisotopic (exact) mass is 446 g/mol. The quantitative estimate of drug-likeness (QED) is 0.605. The SMILES string of the molecule is CC(=O)Nc1ccc(S(=O)(=O)N(C)CC(=O)Nc2nc3c(C)cc(C)cc3s2)cc1. The standard InChI is InChI=1S/C20H22N4O4S2/c1-12-9-13(2)19-17(10-12)29-20(23-19)22-18(26)11-24(4)30(27,28)16-7-5-15(6-8-16)21-14(3)25/h5-10H,11H2,1-4H3,(H,21,25)(H,22,23,26). The number of carbonyl (C=O) groups excluding carboxylic acids is 2. The maximum absolute atomic E-state index is 12.7. The van der Waals surface area contributed by atoms with Crippen molar-refractivity contribution < 1.29 is 18.0 Å². The minimum Gasteiger partial charge on any atom is -0.326 e. The number of likely N-dealkylation sites (N-methyl/N-ethyl adjacent to an activating group) is 1. The van der Waals surface area contributed by atoms with Gasteiger partial charge in [-0.15, -0.1) is 0 Å². The van der Waals surface area contributed by atoms with Gasteiger partial charge in [0, 0.05) is 19.7 Å². The van der Waals surface area contributed by atoms with Crippen LogP contribution in [0.1, 0.15) is 18.1 Å². The number of hydrogen-bond acceptors (Lipinski definition) is 6. The second kappa shape index (κ2) is 8.50.